The Morgan fingerprint density at radius 1 is 1.48 bits per heavy atom. The van der Waals surface area contributed by atoms with E-state index in [4.69, 9.17) is 16.3 Å². The third-order valence-corrected chi connectivity index (χ3v) is 3.95. The average molecular weight is 336 g/mol. The molecular weight excluding hydrogens is 318 g/mol. The number of carbonyl (C=O) groups excluding carboxylic acids is 1. The first-order valence-corrected chi connectivity index (χ1v) is 7.81. The first-order valence-electron chi connectivity index (χ1n) is 7.43. The molecule has 3 rings (SSSR count). The monoisotopic (exact) mass is 335 g/mol. The Hall–Kier alpha value is -1.99. The van der Waals surface area contributed by atoms with Crippen LogP contribution in [0.5, 0.6) is 0 Å². The van der Waals surface area contributed by atoms with Crippen molar-refractivity contribution in [1.82, 2.24) is 24.6 Å². The Labute approximate surface area is 139 Å². The van der Waals surface area contributed by atoms with E-state index in [2.05, 4.69) is 15.1 Å². The van der Waals surface area contributed by atoms with Gasteiger partial charge in [0.1, 0.15) is 16.8 Å². The fraction of sp³-hybridized carbons (Fsp3) is 0.467. The quantitative estimate of drug-likeness (QED) is 0.794. The van der Waals surface area contributed by atoms with Crippen molar-refractivity contribution in [1.29, 1.82) is 0 Å². The maximum atomic E-state index is 12.6. The fourth-order valence-corrected chi connectivity index (χ4v) is 2.83. The minimum absolute atomic E-state index is 0.0610. The van der Waals surface area contributed by atoms with Gasteiger partial charge in [-0.1, -0.05) is 11.6 Å². The van der Waals surface area contributed by atoms with Crippen molar-refractivity contribution in [3.63, 3.8) is 0 Å². The first-order chi connectivity index (χ1) is 11.0. The van der Waals surface area contributed by atoms with Gasteiger partial charge in [-0.05, 0) is 26.0 Å². The number of carbonyl (C=O) groups is 1. The van der Waals surface area contributed by atoms with Gasteiger partial charge in [0, 0.05) is 24.8 Å². The number of hydrogen-bond acceptors (Lipinski definition) is 5. The lowest BCUT2D eigenvalue weighted by Gasteiger charge is -2.33. The van der Waals surface area contributed by atoms with Crippen LogP contribution < -0.4 is 0 Å². The normalized spacial score (nSPS) is 18.2. The Bertz CT molecular complexity index is 718. The van der Waals surface area contributed by atoms with Crippen molar-refractivity contribution in [2.75, 3.05) is 19.7 Å². The summed E-state index contributed by atoms with van der Waals surface area (Å²) in [7, 11) is 0. The predicted molar refractivity (Wildman–Crippen MR) is 84.4 cm³/mol. The largest absolute Gasteiger partial charge is 0.373 e. The number of pyridine rings is 1. The van der Waals surface area contributed by atoms with Gasteiger partial charge in [-0.3, -0.25) is 4.79 Å². The molecule has 1 amide bonds. The number of rotatable bonds is 3. The Balaban J connectivity index is 1.68. The summed E-state index contributed by atoms with van der Waals surface area (Å²) in [4.78, 5) is 22.5. The van der Waals surface area contributed by atoms with Gasteiger partial charge in [-0.15, -0.1) is 0 Å². The number of halogens is 1. The topological polar surface area (TPSA) is 73.1 Å². The van der Waals surface area contributed by atoms with Gasteiger partial charge in [0.15, 0.2) is 0 Å². The number of ether oxygens (including phenoxy) is 1. The van der Waals surface area contributed by atoms with E-state index in [0.717, 1.165) is 11.6 Å². The molecule has 1 fully saturated rings. The lowest BCUT2D eigenvalue weighted by Crippen LogP contribution is -2.47. The Morgan fingerprint density at radius 3 is 3.00 bits per heavy atom. The van der Waals surface area contributed by atoms with E-state index in [1.807, 2.05) is 18.5 Å². The molecule has 0 spiro atoms. The van der Waals surface area contributed by atoms with Crippen molar-refractivity contribution >= 4 is 17.5 Å². The molecule has 0 saturated carbocycles. The summed E-state index contributed by atoms with van der Waals surface area (Å²) in [5.74, 6) is 1.52. The highest BCUT2D eigenvalue weighted by Crippen LogP contribution is 2.14. The van der Waals surface area contributed by atoms with Gasteiger partial charge in [-0.25, -0.2) is 14.6 Å². The third-order valence-electron chi connectivity index (χ3n) is 3.74. The molecule has 122 valence electrons. The molecule has 0 bridgehead atoms. The van der Waals surface area contributed by atoms with E-state index in [1.165, 1.54) is 6.20 Å². The molecule has 0 radical (unpaired) electrons. The van der Waals surface area contributed by atoms with Crippen LogP contribution in [0.15, 0.2) is 18.3 Å². The molecule has 0 N–H and O–H groups in total. The maximum absolute atomic E-state index is 12.6. The molecule has 0 aliphatic carbocycles. The first kappa shape index (κ1) is 15.9. The van der Waals surface area contributed by atoms with Crippen LogP contribution in [0.2, 0.25) is 5.15 Å². The molecule has 2 aromatic heterocycles. The summed E-state index contributed by atoms with van der Waals surface area (Å²) < 4.78 is 7.58. The summed E-state index contributed by atoms with van der Waals surface area (Å²) in [5, 5.41) is 4.65. The predicted octanol–water partition coefficient (Wildman–Crippen LogP) is 1.48. The third kappa shape index (κ3) is 3.68. The van der Waals surface area contributed by atoms with E-state index in [-0.39, 0.29) is 12.0 Å². The van der Waals surface area contributed by atoms with Crippen molar-refractivity contribution in [3.05, 3.63) is 40.7 Å². The summed E-state index contributed by atoms with van der Waals surface area (Å²) in [6.07, 6.45) is 1.43. The van der Waals surface area contributed by atoms with Gasteiger partial charge < -0.3 is 9.64 Å². The number of aryl methyl sites for hydroxylation is 2. The van der Waals surface area contributed by atoms with Crippen molar-refractivity contribution in [2.45, 2.75) is 26.5 Å². The van der Waals surface area contributed by atoms with E-state index in [1.54, 1.807) is 17.0 Å². The second-order valence-corrected chi connectivity index (χ2v) is 5.89. The van der Waals surface area contributed by atoms with Gasteiger partial charge in [0.25, 0.3) is 5.91 Å². The number of amides is 1. The van der Waals surface area contributed by atoms with E-state index in [9.17, 15) is 4.79 Å². The van der Waals surface area contributed by atoms with Crippen LogP contribution in [0, 0.1) is 13.8 Å². The zero-order valence-electron chi connectivity index (χ0n) is 13.1. The minimum Gasteiger partial charge on any atom is -0.373 e. The van der Waals surface area contributed by atoms with Crippen LogP contribution in [0.25, 0.3) is 0 Å². The SMILES string of the molecule is Cc1nc(C)n(CC2CN(C(=O)c3ccnc(Cl)c3)CCO2)n1. The summed E-state index contributed by atoms with van der Waals surface area (Å²) in [6, 6.07) is 3.25. The number of hydrogen-bond donors (Lipinski definition) is 0. The number of morpholine rings is 1. The molecule has 1 saturated heterocycles. The molecular formula is C15H18ClN5O2. The van der Waals surface area contributed by atoms with Crippen molar-refractivity contribution in [3.8, 4) is 0 Å². The van der Waals surface area contributed by atoms with E-state index in [0.29, 0.717) is 37.0 Å². The van der Waals surface area contributed by atoms with Crippen molar-refractivity contribution < 1.29 is 9.53 Å². The molecule has 1 aliphatic heterocycles. The number of nitrogens with zero attached hydrogens (tertiary/aromatic N) is 5. The maximum Gasteiger partial charge on any atom is 0.254 e. The summed E-state index contributed by atoms with van der Waals surface area (Å²) in [6.45, 7) is 5.91. The highest BCUT2D eigenvalue weighted by molar-refractivity contribution is 6.29. The molecule has 2 aromatic rings. The Morgan fingerprint density at radius 2 is 2.30 bits per heavy atom. The summed E-state index contributed by atoms with van der Waals surface area (Å²) in [5.41, 5.74) is 0.540. The minimum atomic E-state index is -0.107. The average Bonchev–Trinajstić information content (AvgIpc) is 2.84. The van der Waals surface area contributed by atoms with Gasteiger partial charge >= 0.3 is 0 Å². The smallest absolute Gasteiger partial charge is 0.254 e. The van der Waals surface area contributed by atoms with E-state index >= 15 is 0 Å². The second kappa shape index (κ2) is 6.64. The van der Waals surface area contributed by atoms with Crippen LogP contribution in [0.1, 0.15) is 22.0 Å². The number of aromatic nitrogens is 4. The van der Waals surface area contributed by atoms with Gasteiger partial charge in [0.05, 0.1) is 19.3 Å². The van der Waals surface area contributed by atoms with Crippen LogP contribution in [0.4, 0.5) is 0 Å². The molecule has 7 nitrogen and oxygen atoms in total. The van der Waals surface area contributed by atoms with Crippen LogP contribution in [0.3, 0.4) is 0 Å². The molecule has 0 aromatic carbocycles. The molecule has 23 heavy (non-hydrogen) atoms. The summed E-state index contributed by atoms with van der Waals surface area (Å²) >= 11 is 5.86. The highest BCUT2D eigenvalue weighted by atomic mass is 35.5. The zero-order valence-corrected chi connectivity index (χ0v) is 13.8. The van der Waals surface area contributed by atoms with Crippen LogP contribution in [-0.4, -0.2) is 56.4 Å². The van der Waals surface area contributed by atoms with Gasteiger partial charge in [0.2, 0.25) is 0 Å². The lowest BCUT2D eigenvalue weighted by atomic mass is 10.2. The molecule has 1 unspecified atom stereocenters. The molecule has 1 aliphatic rings. The van der Waals surface area contributed by atoms with Crippen LogP contribution >= 0.6 is 11.6 Å². The van der Waals surface area contributed by atoms with Gasteiger partial charge in [-0.2, -0.15) is 5.10 Å². The standard InChI is InChI=1S/C15H18ClN5O2/c1-10-18-11(2)21(19-10)9-13-8-20(5-6-23-13)15(22)12-3-4-17-14(16)7-12/h3-4,7,13H,5-6,8-9H2,1-2H3. The zero-order chi connectivity index (χ0) is 16.4. The van der Waals surface area contributed by atoms with E-state index < -0.39 is 0 Å². The van der Waals surface area contributed by atoms with Crippen LogP contribution in [-0.2, 0) is 11.3 Å². The Kier molecular flexibility index (Phi) is 4.58. The molecule has 1 atom stereocenters. The highest BCUT2D eigenvalue weighted by Gasteiger charge is 2.26. The lowest BCUT2D eigenvalue weighted by molar-refractivity contribution is -0.0303. The second-order valence-electron chi connectivity index (χ2n) is 5.50. The molecule has 3 heterocycles. The fourth-order valence-electron chi connectivity index (χ4n) is 2.66. The molecule has 8 heteroatoms. The van der Waals surface area contributed by atoms with Crippen molar-refractivity contribution in [2.24, 2.45) is 0 Å².